The summed E-state index contributed by atoms with van der Waals surface area (Å²) in [6.45, 7) is 0.553. The van der Waals surface area contributed by atoms with Crippen molar-refractivity contribution in [1.82, 2.24) is 4.90 Å². The van der Waals surface area contributed by atoms with Gasteiger partial charge in [-0.05, 0) is 13.3 Å². The topological polar surface area (TPSA) is 60.8 Å². The Labute approximate surface area is 84.3 Å². The summed E-state index contributed by atoms with van der Waals surface area (Å²) < 4.78 is 37.1. The van der Waals surface area contributed by atoms with Gasteiger partial charge in [-0.25, -0.2) is 0 Å². The summed E-state index contributed by atoms with van der Waals surface area (Å²) in [7, 11) is 0. The van der Waals surface area contributed by atoms with Gasteiger partial charge in [-0.2, -0.15) is 13.2 Å². The fraction of sp³-hybridized carbons (Fsp3) is 0.875. The number of carboxylic acid groups (broad SMARTS) is 1. The van der Waals surface area contributed by atoms with E-state index in [1.807, 2.05) is 0 Å². The quantitative estimate of drug-likeness (QED) is 0.719. The number of alkyl halides is 3. The first kappa shape index (κ1) is 12.3. The van der Waals surface area contributed by atoms with Crippen molar-refractivity contribution in [2.24, 2.45) is 0 Å². The van der Waals surface area contributed by atoms with Crippen LogP contribution in [0.5, 0.6) is 0 Å². The Morgan fingerprint density at radius 2 is 2.07 bits per heavy atom. The Hall–Kier alpha value is -0.820. The largest absolute Gasteiger partial charge is 0.480 e. The molecule has 7 heteroatoms. The highest BCUT2D eigenvalue weighted by atomic mass is 19.4. The zero-order valence-corrected chi connectivity index (χ0v) is 8.08. The van der Waals surface area contributed by atoms with Gasteiger partial charge in [0.25, 0.3) is 0 Å². The number of carboxylic acids is 1. The number of halogens is 3. The molecule has 0 aromatic carbocycles. The summed E-state index contributed by atoms with van der Waals surface area (Å²) in [6.07, 6.45) is -5.19. The van der Waals surface area contributed by atoms with Crippen molar-refractivity contribution in [2.75, 3.05) is 13.1 Å². The van der Waals surface area contributed by atoms with Crippen molar-refractivity contribution in [3.8, 4) is 0 Å². The molecule has 0 unspecified atom stereocenters. The lowest BCUT2D eigenvalue weighted by molar-refractivity contribution is -0.254. The molecule has 88 valence electrons. The molecule has 1 aliphatic heterocycles. The molecular weight excluding hydrogens is 215 g/mol. The highest BCUT2D eigenvalue weighted by Gasteiger charge is 2.57. The molecule has 1 fully saturated rings. The Morgan fingerprint density at radius 1 is 1.53 bits per heavy atom. The average Bonchev–Trinajstić information content (AvgIpc) is 2.46. The van der Waals surface area contributed by atoms with E-state index in [-0.39, 0.29) is 6.54 Å². The van der Waals surface area contributed by atoms with Crippen molar-refractivity contribution in [2.45, 2.75) is 31.2 Å². The molecule has 0 spiro atoms. The first-order valence-electron chi connectivity index (χ1n) is 4.43. The van der Waals surface area contributed by atoms with Crippen LogP contribution >= 0.6 is 0 Å². The van der Waals surface area contributed by atoms with E-state index in [4.69, 9.17) is 5.11 Å². The van der Waals surface area contributed by atoms with Crippen molar-refractivity contribution >= 4 is 5.97 Å². The first-order chi connectivity index (χ1) is 6.67. The Morgan fingerprint density at radius 3 is 2.40 bits per heavy atom. The lowest BCUT2D eigenvalue weighted by Crippen LogP contribution is -2.49. The van der Waals surface area contributed by atoms with E-state index >= 15 is 0 Å². The van der Waals surface area contributed by atoms with Crippen LogP contribution in [0.25, 0.3) is 0 Å². The Bertz CT molecular complexity index is 268. The summed E-state index contributed by atoms with van der Waals surface area (Å²) in [5, 5.41) is 17.9. The molecule has 1 rings (SSSR count). The van der Waals surface area contributed by atoms with Gasteiger partial charge in [0.2, 0.25) is 0 Å². The van der Waals surface area contributed by atoms with Gasteiger partial charge in [-0.1, -0.05) is 0 Å². The number of hydrogen-bond acceptors (Lipinski definition) is 3. The molecule has 0 aromatic heterocycles. The van der Waals surface area contributed by atoms with E-state index < -0.39 is 36.8 Å². The zero-order chi connectivity index (χ0) is 11.9. The third-order valence-electron chi connectivity index (χ3n) is 2.71. The predicted molar refractivity (Wildman–Crippen MR) is 44.3 cm³/mol. The maximum atomic E-state index is 12.4. The van der Waals surface area contributed by atoms with Crippen LogP contribution in [0.1, 0.15) is 13.3 Å². The van der Waals surface area contributed by atoms with Crippen LogP contribution in [-0.4, -0.2) is 52.0 Å². The van der Waals surface area contributed by atoms with E-state index in [9.17, 15) is 23.1 Å². The van der Waals surface area contributed by atoms with Crippen LogP contribution in [0.15, 0.2) is 0 Å². The minimum atomic E-state index is -4.71. The van der Waals surface area contributed by atoms with Gasteiger partial charge in [0.05, 0.1) is 0 Å². The number of carbonyl (C=O) groups is 1. The van der Waals surface area contributed by atoms with Crippen LogP contribution in [0.2, 0.25) is 0 Å². The van der Waals surface area contributed by atoms with Gasteiger partial charge in [-0.15, -0.1) is 0 Å². The smallest absolute Gasteiger partial charge is 0.418 e. The maximum absolute atomic E-state index is 12.4. The molecule has 4 nitrogen and oxygen atoms in total. The van der Waals surface area contributed by atoms with Crippen LogP contribution < -0.4 is 0 Å². The number of rotatable bonds is 2. The summed E-state index contributed by atoms with van der Waals surface area (Å²) in [5.41, 5.74) is -2.77. The van der Waals surface area contributed by atoms with Crippen molar-refractivity contribution in [3.05, 3.63) is 0 Å². The summed E-state index contributed by atoms with van der Waals surface area (Å²) >= 11 is 0. The van der Waals surface area contributed by atoms with E-state index in [1.165, 1.54) is 6.92 Å². The van der Waals surface area contributed by atoms with Gasteiger partial charge < -0.3 is 10.2 Å². The SMILES string of the molecule is C[C@H](C(=O)O)N1CC[C@](O)(C(F)(F)F)C1. The second kappa shape index (κ2) is 3.64. The maximum Gasteiger partial charge on any atom is 0.418 e. The fourth-order valence-corrected chi connectivity index (χ4v) is 1.54. The Kier molecular flexibility index (Phi) is 2.97. The van der Waals surface area contributed by atoms with Gasteiger partial charge in [0.1, 0.15) is 6.04 Å². The van der Waals surface area contributed by atoms with Gasteiger partial charge >= 0.3 is 12.1 Å². The number of β-amino-alcohol motifs (C(OH)–C–C–N with tert-alkyl or cyclic N) is 1. The number of likely N-dealkylation sites (tertiary alicyclic amines) is 1. The minimum absolute atomic E-state index is 0.0660. The molecule has 0 radical (unpaired) electrons. The van der Waals surface area contributed by atoms with Crippen molar-refractivity contribution in [3.63, 3.8) is 0 Å². The van der Waals surface area contributed by atoms with E-state index in [0.29, 0.717) is 0 Å². The van der Waals surface area contributed by atoms with E-state index in [1.54, 1.807) is 0 Å². The third kappa shape index (κ3) is 2.23. The van der Waals surface area contributed by atoms with Crippen LogP contribution in [0, 0.1) is 0 Å². The molecule has 2 N–H and O–H groups in total. The van der Waals surface area contributed by atoms with Crippen LogP contribution in [0.3, 0.4) is 0 Å². The van der Waals surface area contributed by atoms with Crippen LogP contribution in [0.4, 0.5) is 13.2 Å². The van der Waals surface area contributed by atoms with E-state index in [0.717, 1.165) is 4.90 Å². The number of nitrogens with zero attached hydrogens (tertiary/aromatic N) is 1. The molecule has 0 aliphatic carbocycles. The lowest BCUT2D eigenvalue weighted by atomic mass is 10.0. The molecule has 1 heterocycles. The predicted octanol–water partition coefficient (Wildman–Crippen LogP) is 0.459. The average molecular weight is 227 g/mol. The minimum Gasteiger partial charge on any atom is -0.480 e. The number of aliphatic carboxylic acids is 1. The molecule has 2 atom stereocenters. The lowest BCUT2D eigenvalue weighted by Gasteiger charge is -2.27. The molecule has 1 saturated heterocycles. The number of aliphatic hydroxyl groups is 1. The molecule has 15 heavy (non-hydrogen) atoms. The monoisotopic (exact) mass is 227 g/mol. The molecule has 0 aromatic rings. The molecular formula is C8H12F3NO3. The van der Waals surface area contributed by atoms with E-state index in [2.05, 4.69) is 0 Å². The summed E-state index contributed by atoms with van der Waals surface area (Å²) in [4.78, 5) is 11.6. The molecule has 0 saturated carbocycles. The highest BCUT2D eigenvalue weighted by molar-refractivity contribution is 5.72. The second-order valence-corrected chi connectivity index (χ2v) is 3.76. The van der Waals surface area contributed by atoms with Crippen LogP contribution in [-0.2, 0) is 4.79 Å². The van der Waals surface area contributed by atoms with Crippen molar-refractivity contribution in [1.29, 1.82) is 0 Å². The fourth-order valence-electron chi connectivity index (χ4n) is 1.54. The standard InChI is InChI=1S/C8H12F3NO3/c1-5(6(13)14)12-3-2-7(15,4-12)8(9,10)11/h5,15H,2-4H2,1H3,(H,13,14)/t5-,7-/m1/s1. The third-order valence-corrected chi connectivity index (χ3v) is 2.71. The van der Waals surface area contributed by atoms with Crippen molar-refractivity contribution < 1.29 is 28.2 Å². The second-order valence-electron chi connectivity index (χ2n) is 3.76. The summed E-state index contributed by atoms with van der Waals surface area (Å²) in [5.74, 6) is -1.19. The van der Waals surface area contributed by atoms with Gasteiger partial charge in [-0.3, -0.25) is 9.69 Å². The highest BCUT2D eigenvalue weighted by Crippen LogP contribution is 2.38. The first-order valence-corrected chi connectivity index (χ1v) is 4.43. The summed E-state index contributed by atoms with van der Waals surface area (Å²) in [6, 6.07) is -1.01. The Balaban J connectivity index is 2.71. The zero-order valence-electron chi connectivity index (χ0n) is 8.08. The van der Waals surface area contributed by atoms with Gasteiger partial charge in [0.15, 0.2) is 5.60 Å². The molecule has 1 aliphatic rings. The van der Waals surface area contributed by atoms with Gasteiger partial charge in [0, 0.05) is 13.1 Å². The molecule has 0 bridgehead atoms. The molecule has 0 amide bonds. The normalized spacial score (nSPS) is 30.5. The number of hydrogen-bond donors (Lipinski definition) is 2.